The van der Waals surface area contributed by atoms with Gasteiger partial charge in [-0.2, -0.15) is 0 Å². The van der Waals surface area contributed by atoms with Gasteiger partial charge in [-0.3, -0.25) is 25.6 Å². The highest BCUT2D eigenvalue weighted by atomic mass is 19.1. The van der Waals surface area contributed by atoms with Crippen LogP contribution in [0.1, 0.15) is 98.7 Å². The van der Waals surface area contributed by atoms with Crippen LogP contribution in [0.4, 0.5) is 4.39 Å². The summed E-state index contributed by atoms with van der Waals surface area (Å²) in [5.74, 6) is 1.51. The van der Waals surface area contributed by atoms with E-state index in [0.29, 0.717) is 18.3 Å². The molecular weight excluding hydrogens is 603 g/mol. The Morgan fingerprint density at radius 2 is 1.67 bits per heavy atom. The monoisotopic (exact) mass is 671 g/mol. The van der Waals surface area contributed by atoms with Gasteiger partial charge in [-0.15, -0.1) is 0 Å². The number of aryl methyl sites for hydroxylation is 1. The van der Waals surface area contributed by atoms with Gasteiger partial charge < -0.3 is 4.90 Å². The minimum Gasteiger partial charge on any atom is -0.345 e. The standard InChI is InChI=1S/C21H32FN3.C8H10O2.C7H11NO.2C2H6.H2/c1-5-15-7-6-14(8-18(15)22)12-25(4)21-9-16(10-21)17(11-21)19-23-13-20(2,3)24-19;9-10-7-6-8-4-2-1-3-5-8;9-7-8-5-3-1-2-4-6-8;2*1-2;/h6-8,16-17,19,23-24H,5,9-13H2,1-4H3;1-5,9H,6-7H2;1-2,7H,3-6H2;2*1-2H3;1H/t16?,17-,19?,21?;;;;;/m0...../s1. The number of benzene rings is 2. The Bertz CT molecular complexity index is 1200. The summed E-state index contributed by atoms with van der Waals surface area (Å²) in [4.78, 5) is 18.5. The predicted octanol–water partition coefficient (Wildman–Crippen LogP) is 8.10. The normalized spacial score (nSPS) is 24.6. The van der Waals surface area contributed by atoms with Crippen molar-refractivity contribution in [1.29, 1.82) is 0 Å². The lowest BCUT2D eigenvalue weighted by molar-refractivity contribution is -0.241. The molecule has 2 atom stereocenters. The van der Waals surface area contributed by atoms with Gasteiger partial charge in [0, 0.05) is 38.7 Å². The number of hydrogen-bond donors (Lipinski definition) is 3. The molecule has 1 amide bonds. The molecule has 3 aliphatic carbocycles. The Hall–Kier alpha value is -2.62. The van der Waals surface area contributed by atoms with Crippen LogP contribution in [0.2, 0.25) is 0 Å². The van der Waals surface area contributed by atoms with Gasteiger partial charge in [-0.05, 0) is 100 Å². The third-order valence-corrected chi connectivity index (χ3v) is 9.78. The number of nitrogens with zero attached hydrogens (tertiary/aromatic N) is 2. The molecule has 8 heteroatoms. The van der Waals surface area contributed by atoms with E-state index >= 15 is 0 Å². The van der Waals surface area contributed by atoms with Crippen LogP contribution < -0.4 is 10.6 Å². The van der Waals surface area contributed by atoms with Crippen molar-refractivity contribution in [2.75, 3.05) is 33.3 Å². The van der Waals surface area contributed by atoms with Crippen molar-refractivity contribution in [3.05, 3.63) is 83.2 Å². The van der Waals surface area contributed by atoms with E-state index in [1.165, 1.54) is 24.8 Å². The van der Waals surface area contributed by atoms with Crippen LogP contribution in [0.25, 0.3) is 0 Å². The number of rotatable bonds is 9. The fourth-order valence-corrected chi connectivity index (χ4v) is 7.15. The van der Waals surface area contributed by atoms with E-state index < -0.39 is 0 Å². The number of amides is 1. The maximum atomic E-state index is 14.1. The molecule has 2 aromatic carbocycles. The fraction of sp³-hybridized carbons (Fsp3) is 0.625. The molecule has 2 aliphatic heterocycles. The molecule has 7 nitrogen and oxygen atoms in total. The van der Waals surface area contributed by atoms with E-state index in [4.69, 9.17) is 5.26 Å². The summed E-state index contributed by atoms with van der Waals surface area (Å²) in [5, 5.41) is 15.5. The summed E-state index contributed by atoms with van der Waals surface area (Å²) in [5.41, 5.74) is 3.61. The van der Waals surface area contributed by atoms with Gasteiger partial charge >= 0.3 is 0 Å². The topological polar surface area (TPSA) is 77.1 Å². The minimum atomic E-state index is -0.0525. The zero-order valence-corrected chi connectivity index (χ0v) is 31.1. The van der Waals surface area contributed by atoms with E-state index in [0.717, 1.165) is 81.2 Å². The molecule has 0 radical (unpaired) electrons. The van der Waals surface area contributed by atoms with E-state index in [-0.39, 0.29) is 12.8 Å². The second kappa shape index (κ2) is 21.5. The van der Waals surface area contributed by atoms with Crippen LogP contribution in [0, 0.1) is 17.7 Å². The lowest BCUT2D eigenvalue weighted by Crippen LogP contribution is -2.49. The molecule has 2 heterocycles. The second-order valence-electron chi connectivity index (χ2n) is 13.5. The van der Waals surface area contributed by atoms with Crippen LogP contribution in [-0.4, -0.2) is 72.0 Å². The molecule has 7 rings (SSSR count). The molecule has 1 unspecified atom stereocenters. The number of hydrogen-bond acceptors (Lipinski definition) is 6. The summed E-state index contributed by atoms with van der Waals surface area (Å²) in [6.07, 6.45) is 13.0. The zero-order chi connectivity index (χ0) is 35.6. The van der Waals surface area contributed by atoms with Crippen LogP contribution in [0.5, 0.6) is 0 Å². The number of carbonyl (C=O) groups excluding carboxylic acids is 1. The Kier molecular flexibility index (Phi) is 18.6. The lowest BCUT2D eigenvalue weighted by atomic mass is 9.74. The van der Waals surface area contributed by atoms with Gasteiger partial charge in [-0.25, -0.2) is 9.28 Å². The van der Waals surface area contributed by atoms with Crippen molar-refractivity contribution < 1.29 is 20.8 Å². The number of halogens is 1. The van der Waals surface area contributed by atoms with Crippen LogP contribution in [-0.2, 0) is 29.1 Å². The summed E-state index contributed by atoms with van der Waals surface area (Å²) in [7, 11) is 2.23. The summed E-state index contributed by atoms with van der Waals surface area (Å²) >= 11 is 0. The molecule has 5 aliphatic rings. The van der Waals surface area contributed by atoms with Crippen molar-refractivity contribution >= 4 is 6.41 Å². The Morgan fingerprint density at radius 1 is 1.02 bits per heavy atom. The third-order valence-electron chi connectivity index (χ3n) is 9.78. The summed E-state index contributed by atoms with van der Waals surface area (Å²) in [6.45, 7) is 18.6. The molecule has 272 valence electrons. The number of fused-ring (bicyclic) bond motifs is 1. The van der Waals surface area contributed by atoms with Gasteiger partial charge in [0.25, 0.3) is 0 Å². The maximum Gasteiger partial charge on any atom is 0.209 e. The van der Waals surface area contributed by atoms with E-state index in [1.807, 2.05) is 71.0 Å². The molecule has 3 N–H and O–H groups in total. The lowest BCUT2D eigenvalue weighted by Gasteiger charge is -2.46. The van der Waals surface area contributed by atoms with Gasteiger partial charge in [0.05, 0.1) is 12.8 Å². The highest BCUT2D eigenvalue weighted by molar-refractivity contribution is 5.47. The van der Waals surface area contributed by atoms with Crippen molar-refractivity contribution in [3.63, 3.8) is 0 Å². The van der Waals surface area contributed by atoms with Gasteiger partial charge in [-0.1, -0.05) is 89.2 Å². The number of nitrogens with one attached hydrogen (secondary N) is 2. The van der Waals surface area contributed by atoms with E-state index in [2.05, 4.69) is 59.5 Å². The van der Waals surface area contributed by atoms with Crippen molar-refractivity contribution in [2.24, 2.45) is 11.8 Å². The number of carbonyl (C=O) groups is 1. The average molecular weight is 671 g/mol. The first-order chi connectivity index (χ1) is 23.2. The van der Waals surface area contributed by atoms with Gasteiger partial charge in [0.1, 0.15) is 5.82 Å². The molecule has 0 spiro atoms. The molecule has 48 heavy (non-hydrogen) atoms. The largest absolute Gasteiger partial charge is 0.345 e. The van der Waals surface area contributed by atoms with Crippen LogP contribution in [0.3, 0.4) is 0 Å². The summed E-state index contributed by atoms with van der Waals surface area (Å²) in [6, 6.07) is 15.7. The smallest absolute Gasteiger partial charge is 0.209 e. The molecule has 2 aromatic rings. The third kappa shape index (κ3) is 12.4. The Balaban J connectivity index is 0.000000414. The van der Waals surface area contributed by atoms with Gasteiger partial charge in [0.2, 0.25) is 6.41 Å². The molecule has 0 aromatic heterocycles. The average Bonchev–Trinajstić information content (AvgIpc) is 3.71. The Labute approximate surface area is 292 Å². The molecular formula is C40H67FN4O3. The highest BCUT2D eigenvalue weighted by Gasteiger charge is 2.60. The van der Waals surface area contributed by atoms with Crippen molar-refractivity contribution in [2.45, 2.75) is 117 Å². The minimum absolute atomic E-state index is 0. The quantitative estimate of drug-likeness (QED) is 0.108. The maximum absolute atomic E-state index is 14.1. The summed E-state index contributed by atoms with van der Waals surface area (Å²) < 4.78 is 14.1. The van der Waals surface area contributed by atoms with Crippen molar-refractivity contribution in [1.82, 2.24) is 20.4 Å². The molecule has 2 bridgehead atoms. The fourth-order valence-electron chi connectivity index (χ4n) is 7.15. The van der Waals surface area contributed by atoms with Crippen LogP contribution in [0.15, 0.2) is 60.7 Å². The molecule has 1 saturated heterocycles. The first-order valence-electron chi connectivity index (χ1n) is 18.3. The second-order valence-corrected chi connectivity index (χ2v) is 13.5. The first-order valence-corrected chi connectivity index (χ1v) is 18.3. The van der Waals surface area contributed by atoms with Crippen molar-refractivity contribution in [3.8, 4) is 0 Å². The van der Waals surface area contributed by atoms with Gasteiger partial charge in [0.15, 0.2) is 0 Å². The van der Waals surface area contributed by atoms with Crippen LogP contribution >= 0.6 is 0 Å². The zero-order valence-electron chi connectivity index (χ0n) is 31.1. The van der Waals surface area contributed by atoms with E-state index in [1.54, 1.807) is 11.0 Å². The highest BCUT2D eigenvalue weighted by Crippen LogP contribution is 2.59. The molecule has 4 fully saturated rings. The SMILES string of the molecule is CC.CC.CCc1ccc(CN(C)C23CC(C2)[C@@H](C2NCC(C)(C)N2)C3)cc1F.O=CN1CCC=CCC1.OOCCc1ccccc1.[HH]. The predicted molar refractivity (Wildman–Crippen MR) is 199 cm³/mol. The Morgan fingerprint density at radius 3 is 2.19 bits per heavy atom. The van der Waals surface area contributed by atoms with E-state index in [9.17, 15) is 9.18 Å². The molecule has 3 saturated carbocycles. The first kappa shape index (κ1) is 41.6.